The Balaban J connectivity index is 1.69. The smallest absolute Gasteiger partial charge is 0.174 e. The minimum absolute atomic E-state index is 0.796. The third-order valence-electron chi connectivity index (χ3n) is 4.48. The van der Waals surface area contributed by atoms with Crippen LogP contribution >= 0.6 is 11.5 Å². The summed E-state index contributed by atoms with van der Waals surface area (Å²) < 4.78 is 4.65. The second-order valence-electron chi connectivity index (χ2n) is 5.98. The predicted octanol–water partition coefficient (Wildman–Crippen LogP) is 6.18. The minimum atomic E-state index is 0.796. The molecule has 25 heavy (non-hydrogen) atoms. The van der Waals surface area contributed by atoms with Crippen LogP contribution in [0.25, 0.3) is 43.5 Å². The zero-order valence-corrected chi connectivity index (χ0v) is 14.2. The Bertz CT molecular complexity index is 1100. The molecule has 118 valence electrons. The van der Waals surface area contributed by atoms with Crippen molar-refractivity contribution in [3.05, 3.63) is 84.9 Å². The molecule has 0 radical (unpaired) electrons. The van der Waals surface area contributed by atoms with Gasteiger partial charge in [0.1, 0.15) is 5.01 Å². The number of nitrogens with zero attached hydrogens (tertiary/aromatic N) is 2. The van der Waals surface area contributed by atoms with Crippen LogP contribution in [0.1, 0.15) is 0 Å². The van der Waals surface area contributed by atoms with Crippen molar-refractivity contribution in [2.24, 2.45) is 0 Å². The molecule has 0 saturated heterocycles. The number of hydrogen-bond donors (Lipinski definition) is 0. The van der Waals surface area contributed by atoms with Gasteiger partial charge in [0.2, 0.25) is 0 Å². The third-order valence-corrected chi connectivity index (χ3v) is 5.22. The zero-order chi connectivity index (χ0) is 16.6. The van der Waals surface area contributed by atoms with Crippen LogP contribution in [0.5, 0.6) is 0 Å². The molecule has 5 rings (SSSR count). The molecule has 3 heteroatoms. The molecule has 0 unspecified atom stereocenters. The Labute approximate surface area is 149 Å². The van der Waals surface area contributed by atoms with Gasteiger partial charge in [-0.15, -0.1) is 0 Å². The molecule has 0 N–H and O–H groups in total. The van der Waals surface area contributed by atoms with Gasteiger partial charge in [-0.3, -0.25) is 0 Å². The van der Waals surface area contributed by atoms with E-state index in [1.165, 1.54) is 33.1 Å². The fourth-order valence-corrected chi connectivity index (χ4v) is 3.99. The van der Waals surface area contributed by atoms with Crippen molar-refractivity contribution < 1.29 is 0 Å². The van der Waals surface area contributed by atoms with E-state index < -0.39 is 0 Å². The highest BCUT2D eigenvalue weighted by molar-refractivity contribution is 7.09. The van der Waals surface area contributed by atoms with Crippen LogP contribution in [0, 0.1) is 0 Å². The first kappa shape index (κ1) is 14.3. The molecule has 0 amide bonds. The van der Waals surface area contributed by atoms with Crippen LogP contribution in [0.4, 0.5) is 0 Å². The number of fused-ring (bicyclic) bond motifs is 2. The van der Waals surface area contributed by atoms with Gasteiger partial charge in [-0.2, -0.15) is 4.37 Å². The predicted molar refractivity (Wildman–Crippen MR) is 106 cm³/mol. The van der Waals surface area contributed by atoms with Gasteiger partial charge in [0.05, 0.1) is 0 Å². The molecule has 0 bridgehead atoms. The average Bonchev–Trinajstić information content (AvgIpc) is 3.17. The van der Waals surface area contributed by atoms with E-state index in [-0.39, 0.29) is 0 Å². The Morgan fingerprint density at radius 1 is 0.560 bits per heavy atom. The second kappa shape index (κ2) is 5.80. The molecule has 0 spiro atoms. The number of benzene rings is 4. The average molecular weight is 338 g/mol. The van der Waals surface area contributed by atoms with Gasteiger partial charge >= 0.3 is 0 Å². The largest absolute Gasteiger partial charge is 0.215 e. The van der Waals surface area contributed by atoms with E-state index in [1.54, 1.807) is 0 Å². The van der Waals surface area contributed by atoms with E-state index >= 15 is 0 Å². The fourth-order valence-electron chi connectivity index (χ4n) is 3.27. The monoisotopic (exact) mass is 338 g/mol. The lowest BCUT2D eigenvalue weighted by Crippen LogP contribution is -1.84. The number of rotatable bonds is 2. The SMILES string of the molecule is c1ccc2c(-c3nsc(-c4cccc5ccccc45)n3)cccc2c1. The maximum absolute atomic E-state index is 4.86. The lowest BCUT2D eigenvalue weighted by molar-refractivity contribution is 1.34. The van der Waals surface area contributed by atoms with Gasteiger partial charge in [-0.05, 0) is 33.1 Å². The molecule has 0 aliphatic carbocycles. The highest BCUT2D eigenvalue weighted by Crippen LogP contribution is 2.33. The van der Waals surface area contributed by atoms with Crippen molar-refractivity contribution in [1.82, 2.24) is 9.36 Å². The molecular weight excluding hydrogens is 324 g/mol. The first-order valence-corrected chi connectivity index (χ1v) is 8.97. The normalized spacial score (nSPS) is 11.2. The van der Waals surface area contributed by atoms with Crippen LogP contribution in [-0.2, 0) is 0 Å². The fraction of sp³-hybridized carbons (Fsp3) is 0. The highest BCUT2D eigenvalue weighted by atomic mass is 32.1. The van der Waals surface area contributed by atoms with Crippen LogP contribution in [-0.4, -0.2) is 9.36 Å². The Kier molecular flexibility index (Phi) is 3.32. The van der Waals surface area contributed by atoms with Crippen LogP contribution in [0.3, 0.4) is 0 Å². The summed E-state index contributed by atoms with van der Waals surface area (Å²) >= 11 is 1.46. The van der Waals surface area contributed by atoms with Crippen molar-refractivity contribution in [2.75, 3.05) is 0 Å². The van der Waals surface area contributed by atoms with Crippen molar-refractivity contribution in [3.8, 4) is 22.0 Å². The molecule has 5 aromatic rings. The lowest BCUT2D eigenvalue weighted by atomic mass is 10.0. The standard InChI is InChI=1S/C22H14N2S/c1-3-11-17-15(7-1)9-5-13-19(17)21-23-22(25-24-21)20-14-6-10-16-8-2-4-12-18(16)20/h1-14H. The molecule has 1 aromatic heterocycles. The quantitative estimate of drug-likeness (QED) is 0.384. The first-order valence-electron chi connectivity index (χ1n) is 8.20. The minimum Gasteiger partial charge on any atom is -0.215 e. The van der Waals surface area contributed by atoms with Gasteiger partial charge in [-0.1, -0.05) is 84.9 Å². The lowest BCUT2D eigenvalue weighted by Gasteiger charge is -2.03. The molecule has 0 aliphatic rings. The summed E-state index contributed by atoms with van der Waals surface area (Å²) in [6.07, 6.45) is 0. The zero-order valence-electron chi connectivity index (χ0n) is 13.4. The van der Waals surface area contributed by atoms with E-state index in [1.807, 2.05) is 0 Å². The van der Waals surface area contributed by atoms with Crippen molar-refractivity contribution in [3.63, 3.8) is 0 Å². The van der Waals surface area contributed by atoms with Crippen molar-refractivity contribution >= 4 is 33.1 Å². The molecule has 0 saturated carbocycles. The maximum Gasteiger partial charge on any atom is 0.174 e. The summed E-state index contributed by atoms with van der Waals surface area (Å²) in [5.74, 6) is 0.796. The van der Waals surface area contributed by atoms with Gasteiger partial charge in [0, 0.05) is 11.1 Å². The van der Waals surface area contributed by atoms with E-state index in [0.29, 0.717) is 0 Å². The van der Waals surface area contributed by atoms with Gasteiger partial charge < -0.3 is 0 Å². The highest BCUT2D eigenvalue weighted by Gasteiger charge is 2.12. The maximum atomic E-state index is 4.86. The molecule has 0 atom stereocenters. The second-order valence-corrected chi connectivity index (χ2v) is 6.73. The van der Waals surface area contributed by atoms with Gasteiger partial charge in [-0.25, -0.2) is 4.98 Å². The number of hydrogen-bond acceptors (Lipinski definition) is 3. The third kappa shape index (κ3) is 2.41. The molecule has 2 nitrogen and oxygen atoms in total. The molecule has 0 fully saturated rings. The summed E-state index contributed by atoms with van der Waals surface area (Å²) in [4.78, 5) is 4.86. The Hall–Kier alpha value is -3.04. The van der Waals surface area contributed by atoms with E-state index in [2.05, 4.69) is 89.3 Å². The van der Waals surface area contributed by atoms with E-state index in [9.17, 15) is 0 Å². The molecule has 0 aliphatic heterocycles. The van der Waals surface area contributed by atoms with Gasteiger partial charge in [0.25, 0.3) is 0 Å². The summed E-state index contributed by atoms with van der Waals surface area (Å²) in [5, 5.41) is 5.79. The van der Waals surface area contributed by atoms with Crippen molar-refractivity contribution in [2.45, 2.75) is 0 Å². The first-order chi connectivity index (χ1) is 12.4. The summed E-state index contributed by atoms with van der Waals surface area (Å²) in [6.45, 7) is 0. The Morgan fingerprint density at radius 2 is 1.12 bits per heavy atom. The number of aromatic nitrogens is 2. The van der Waals surface area contributed by atoms with Crippen molar-refractivity contribution in [1.29, 1.82) is 0 Å². The van der Waals surface area contributed by atoms with Crippen LogP contribution in [0.2, 0.25) is 0 Å². The van der Waals surface area contributed by atoms with E-state index in [0.717, 1.165) is 22.0 Å². The topological polar surface area (TPSA) is 25.8 Å². The van der Waals surface area contributed by atoms with Gasteiger partial charge in [0.15, 0.2) is 5.82 Å². The Morgan fingerprint density at radius 3 is 1.84 bits per heavy atom. The molecule has 1 heterocycles. The van der Waals surface area contributed by atoms with E-state index in [4.69, 9.17) is 4.98 Å². The molecule has 4 aromatic carbocycles. The van der Waals surface area contributed by atoms with Crippen LogP contribution < -0.4 is 0 Å². The van der Waals surface area contributed by atoms with Crippen LogP contribution in [0.15, 0.2) is 84.9 Å². The molecular formula is C22H14N2S. The summed E-state index contributed by atoms with van der Waals surface area (Å²) in [6, 6.07) is 29.4. The summed E-state index contributed by atoms with van der Waals surface area (Å²) in [5.41, 5.74) is 2.22. The summed E-state index contributed by atoms with van der Waals surface area (Å²) in [7, 11) is 0.